The largest absolute Gasteiger partial charge is 0.480 e. The fraction of sp³-hybridized carbons (Fsp3) is 0.167. The van der Waals surface area contributed by atoms with E-state index >= 15 is 0 Å². The number of carbonyl (C=O) groups is 1. The summed E-state index contributed by atoms with van der Waals surface area (Å²) < 4.78 is 5.60. The first-order chi connectivity index (χ1) is 10.2. The Balaban J connectivity index is 2.05. The summed E-state index contributed by atoms with van der Waals surface area (Å²) in [5, 5.41) is 8.86. The molecule has 0 saturated carbocycles. The fourth-order valence-electron chi connectivity index (χ4n) is 2.48. The molecule has 1 unspecified atom stereocenters. The molecular weight excluding hydrogens is 264 g/mol. The summed E-state index contributed by atoms with van der Waals surface area (Å²) in [7, 11) is 0. The third kappa shape index (κ3) is 2.96. The van der Waals surface area contributed by atoms with Crippen molar-refractivity contribution in [1.82, 2.24) is 0 Å². The highest BCUT2D eigenvalue weighted by molar-refractivity contribution is 5.68. The highest BCUT2D eigenvalue weighted by Gasteiger charge is 2.19. The van der Waals surface area contributed by atoms with E-state index in [2.05, 4.69) is 11.8 Å². The van der Waals surface area contributed by atoms with Crippen LogP contribution in [0.1, 0.15) is 28.4 Å². The number of ether oxygens (including phenoxy) is 1. The molecule has 0 aliphatic heterocycles. The van der Waals surface area contributed by atoms with E-state index in [1.807, 2.05) is 48.5 Å². The van der Waals surface area contributed by atoms with Crippen LogP contribution in [0.5, 0.6) is 0 Å². The minimum Gasteiger partial charge on any atom is -0.480 e. The predicted octanol–water partition coefficient (Wildman–Crippen LogP) is 2.78. The van der Waals surface area contributed by atoms with Crippen LogP contribution < -0.4 is 0 Å². The Kier molecular flexibility index (Phi) is 3.72. The van der Waals surface area contributed by atoms with Gasteiger partial charge < -0.3 is 9.84 Å². The molecule has 0 heterocycles. The zero-order valence-corrected chi connectivity index (χ0v) is 11.4. The van der Waals surface area contributed by atoms with Crippen LogP contribution in [0.25, 0.3) is 0 Å². The maximum Gasteiger partial charge on any atom is 0.329 e. The zero-order chi connectivity index (χ0) is 14.7. The second-order valence-electron chi connectivity index (χ2n) is 4.89. The molecule has 21 heavy (non-hydrogen) atoms. The second kappa shape index (κ2) is 5.82. The van der Waals surface area contributed by atoms with Gasteiger partial charge in [0.1, 0.15) is 6.61 Å². The lowest BCUT2D eigenvalue weighted by Crippen LogP contribution is -2.16. The molecule has 1 atom stereocenters. The van der Waals surface area contributed by atoms with Crippen molar-refractivity contribution in [2.24, 2.45) is 0 Å². The van der Waals surface area contributed by atoms with E-state index < -0.39 is 5.97 Å². The van der Waals surface area contributed by atoms with Gasteiger partial charge in [0.2, 0.25) is 0 Å². The van der Waals surface area contributed by atoms with Gasteiger partial charge in [0.15, 0.2) is 0 Å². The van der Waals surface area contributed by atoms with Crippen molar-refractivity contribution in [2.75, 3.05) is 6.61 Å². The monoisotopic (exact) mass is 278 g/mol. The summed E-state index contributed by atoms with van der Waals surface area (Å²) in [4.78, 5) is 10.8. The van der Waals surface area contributed by atoms with Crippen molar-refractivity contribution in [3.8, 4) is 11.8 Å². The van der Waals surface area contributed by atoms with Crippen molar-refractivity contribution in [2.45, 2.75) is 12.5 Å². The van der Waals surface area contributed by atoms with E-state index in [1.54, 1.807) is 0 Å². The number of aliphatic carboxylic acids is 1. The van der Waals surface area contributed by atoms with Crippen LogP contribution in [0.4, 0.5) is 0 Å². The molecule has 0 fully saturated rings. The van der Waals surface area contributed by atoms with Gasteiger partial charge in [-0.15, -0.1) is 0 Å². The normalized spacial score (nSPS) is 15.7. The quantitative estimate of drug-likeness (QED) is 0.878. The molecule has 1 N–H and O–H groups in total. The number of hydrogen-bond acceptors (Lipinski definition) is 2. The van der Waals surface area contributed by atoms with Gasteiger partial charge in [-0.25, -0.2) is 4.79 Å². The molecule has 3 nitrogen and oxygen atoms in total. The van der Waals surface area contributed by atoms with Crippen LogP contribution in [-0.2, 0) is 16.0 Å². The lowest BCUT2D eigenvalue weighted by atomic mass is 9.92. The second-order valence-corrected chi connectivity index (χ2v) is 4.89. The average Bonchev–Trinajstić information content (AvgIpc) is 2.48. The van der Waals surface area contributed by atoms with Gasteiger partial charge in [-0.1, -0.05) is 48.2 Å². The highest BCUT2D eigenvalue weighted by Crippen LogP contribution is 2.28. The van der Waals surface area contributed by atoms with Gasteiger partial charge >= 0.3 is 5.97 Å². The van der Waals surface area contributed by atoms with Crippen molar-refractivity contribution < 1.29 is 14.6 Å². The van der Waals surface area contributed by atoms with Crippen LogP contribution >= 0.6 is 0 Å². The van der Waals surface area contributed by atoms with Crippen LogP contribution in [0.15, 0.2) is 48.5 Å². The molecule has 0 bridgehead atoms. The molecule has 0 amide bonds. The number of carboxylic acid groups (broad SMARTS) is 1. The van der Waals surface area contributed by atoms with Crippen LogP contribution in [0.2, 0.25) is 0 Å². The maximum absolute atomic E-state index is 10.8. The average molecular weight is 278 g/mol. The highest BCUT2D eigenvalue weighted by atomic mass is 16.5. The molecular formula is C18H14O3. The number of benzene rings is 2. The van der Waals surface area contributed by atoms with E-state index in [9.17, 15) is 4.79 Å². The Hall–Kier alpha value is -2.57. The molecule has 2 aromatic carbocycles. The lowest BCUT2D eigenvalue weighted by Gasteiger charge is -2.21. The molecule has 2 aromatic rings. The number of carboxylic acids is 1. The van der Waals surface area contributed by atoms with E-state index in [0.717, 1.165) is 22.3 Å². The number of rotatable bonds is 3. The van der Waals surface area contributed by atoms with Crippen molar-refractivity contribution >= 4 is 5.97 Å². The minimum absolute atomic E-state index is 0.298. The van der Waals surface area contributed by atoms with Gasteiger partial charge in [0, 0.05) is 17.5 Å². The molecule has 3 heteroatoms. The van der Waals surface area contributed by atoms with Gasteiger partial charge in [-0.3, -0.25) is 0 Å². The Morgan fingerprint density at radius 1 is 1.10 bits per heavy atom. The molecule has 0 radical (unpaired) electrons. The standard InChI is InChI=1S/C18H14O3/c19-18(20)12-21-17-11-15-7-2-1-5-13(15)9-10-14-6-3-4-8-16(14)17/h1-8,17H,11-12H2,(H,19,20). The summed E-state index contributed by atoms with van der Waals surface area (Å²) in [6, 6.07) is 15.6. The molecule has 0 spiro atoms. The number of hydrogen-bond donors (Lipinski definition) is 1. The Labute approximate surface area is 123 Å². The van der Waals surface area contributed by atoms with Crippen molar-refractivity contribution in [3.63, 3.8) is 0 Å². The maximum atomic E-state index is 10.8. The number of fused-ring (bicyclic) bond motifs is 2. The van der Waals surface area contributed by atoms with E-state index in [1.165, 1.54) is 0 Å². The Morgan fingerprint density at radius 2 is 1.76 bits per heavy atom. The molecule has 3 rings (SSSR count). The van der Waals surface area contributed by atoms with E-state index in [-0.39, 0.29) is 12.7 Å². The van der Waals surface area contributed by atoms with Crippen LogP contribution in [0, 0.1) is 11.8 Å². The van der Waals surface area contributed by atoms with Crippen LogP contribution in [0.3, 0.4) is 0 Å². The molecule has 104 valence electrons. The lowest BCUT2D eigenvalue weighted by molar-refractivity contribution is -0.144. The summed E-state index contributed by atoms with van der Waals surface area (Å²) >= 11 is 0. The Morgan fingerprint density at radius 3 is 2.57 bits per heavy atom. The van der Waals surface area contributed by atoms with Gasteiger partial charge in [-0.05, 0) is 23.3 Å². The molecule has 0 saturated heterocycles. The summed E-state index contributed by atoms with van der Waals surface area (Å²) in [6.45, 7) is -0.311. The van der Waals surface area contributed by atoms with Gasteiger partial charge in [-0.2, -0.15) is 0 Å². The Bertz CT molecular complexity index is 737. The summed E-state index contributed by atoms with van der Waals surface area (Å²) in [5.41, 5.74) is 3.88. The molecule has 1 aliphatic carbocycles. The first-order valence-corrected chi connectivity index (χ1v) is 6.76. The minimum atomic E-state index is -0.964. The third-order valence-corrected chi connectivity index (χ3v) is 3.47. The predicted molar refractivity (Wildman–Crippen MR) is 78.9 cm³/mol. The van der Waals surface area contributed by atoms with E-state index in [0.29, 0.717) is 6.42 Å². The smallest absolute Gasteiger partial charge is 0.329 e. The van der Waals surface area contributed by atoms with Gasteiger partial charge in [0.25, 0.3) is 0 Å². The first kappa shape index (κ1) is 13.4. The zero-order valence-electron chi connectivity index (χ0n) is 11.4. The molecule has 0 aromatic heterocycles. The third-order valence-electron chi connectivity index (χ3n) is 3.47. The summed E-state index contributed by atoms with van der Waals surface area (Å²) in [5.74, 6) is 5.38. The summed E-state index contributed by atoms with van der Waals surface area (Å²) in [6.07, 6.45) is 0.322. The fourth-order valence-corrected chi connectivity index (χ4v) is 2.48. The topological polar surface area (TPSA) is 46.5 Å². The van der Waals surface area contributed by atoms with Crippen molar-refractivity contribution in [1.29, 1.82) is 0 Å². The SMILES string of the molecule is O=C(O)COC1Cc2ccccc2C#Cc2ccccc21. The van der Waals surface area contributed by atoms with Gasteiger partial charge in [0.05, 0.1) is 6.10 Å². The van der Waals surface area contributed by atoms with Crippen molar-refractivity contribution in [3.05, 3.63) is 70.8 Å². The van der Waals surface area contributed by atoms with E-state index in [4.69, 9.17) is 9.84 Å². The molecule has 1 aliphatic rings. The first-order valence-electron chi connectivity index (χ1n) is 6.76. The van der Waals surface area contributed by atoms with Crippen LogP contribution in [-0.4, -0.2) is 17.7 Å².